The predicted molar refractivity (Wildman–Crippen MR) is 61.6 cm³/mol. The maximum Gasteiger partial charge on any atom is 0.247 e. The number of hydrogen-bond acceptors (Lipinski definition) is 4. The summed E-state index contributed by atoms with van der Waals surface area (Å²) in [6, 6.07) is 2.99. The van der Waals surface area contributed by atoms with Gasteiger partial charge < -0.3 is 14.7 Å². The molecule has 1 aliphatic heterocycles. The average molecular weight is 234 g/mol. The van der Waals surface area contributed by atoms with Gasteiger partial charge in [0, 0.05) is 16.1 Å². The van der Waals surface area contributed by atoms with Crippen molar-refractivity contribution in [3.05, 3.63) is 40.5 Å². The lowest BCUT2D eigenvalue weighted by Crippen LogP contribution is -2.49. The molecule has 0 bridgehead atoms. The normalized spacial score (nSPS) is 28.9. The molecule has 2 atom stereocenters. The molecule has 5 nitrogen and oxygen atoms in total. The van der Waals surface area contributed by atoms with E-state index in [0.717, 1.165) is 35.5 Å². The Labute approximate surface area is 98.9 Å². The third kappa shape index (κ3) is 1.67. The summed E-state index contributed by atoms with van der Waals surface area (Å²) in [6.45, 7) is 0. The van der Waals surface area contributed by atoms with E-state index >= 15 is 0 Å². The minimum absolute atomic E-state index is 0.194. The first-order valence-corrected chi connectivity index (χ1v) is 5.95. The Balaban J connectivity index is 1.97. The number of furan rings is 1. The van der Waals surface area contributed by atoms with Gasteiger partial charge in [0.15, 0.2) is 5.76 Å². The number of hydrogen-bond donors (Lipinski definition) is 0. The summed E-state index contributed by atoms with van der Waals surface area (Å²) in [7, 11) is 0. The molecule has 1 saturated carbocycles. The number of fused-ring (bicyclic) bond motifs is 1. The molecular weight excluding hydrogens is 220 g/mol. The highest BCUT2D eigenvalue weighted by molar-refractivity contribution is 5.59. The second-order valence-electron chi connectivity index (χ2n) is 4.60. The van der Waals surface area contributed by atoms with Crippen molar-refractivity contribution >= 4 is 5.70 Å². The third-order valence-electron chi connectivity index (χ3n) is 3.58. The van der Waals surface area contributed by atoms with E-state index in [-0.39, 0.29) is 12.1 Å². The highest BCUT2D eigenvalue weighted by Gasteiger charge is 2.42. The largest absolute Gasteiger partial charge is 0.758 e. The molecule has 5 heteroatoms. The van der Waals surface area contributed by atoms with Crippen LogP contribution in [0.2, 0.25) is 0 Å². The van der Waals surface area contributed by atoms with Gasteiger partial charge in [0.05, 0.1) is 12.3 Å². The Morgan fingerprint density at radius 2 is 2.24 bits per heavy atom. The van der Waals surface area contributed by atoms with E-state index in [2.05, 4.69) is 0 Å². The lowest BCUT2D eigenvalue weighted by Gasteiger charge is -2.43. The second-order valence-corrected chi connectivity index (χ2v) is 4.60. The first-order chi connectivity index (χ1) is 8.27. The molecule has 0 unspecified atom stereocenters. The van der Waals surface area contributed by atoms with Crippen LogP contribution in [0, 0.1) is 10.1 Å². The molecule has 1 aromatic heterocycles. The maximum absolute atomic E-state index is 12.2. The number of rotatable bonds is 1. The highest BCUT2D eigenvalue weighted by Crippen LogP contribution is 2.34. The average Bonchev–Trinajstić information content (AvgIpc) is 2.87. The minimum atomic E-state index is -0.230. The number of nitrogens with zero attached hydrogens (tertiary/aromatic N) is 2. The van der Waals surface area contributed by atoms with E-state index in [1.165, 1.54) is 12.5 Å². The molecule has 0 saturated heterocycles. The van der Waals surface area contributed by atoms with Gasteiger partial charge in [-0.15, -0.1) is 0 Å². The maximum atomic E-state index is 12.2. The summed E-state index contributed by atoms with van der Waals surface area (Å²) in [4.78, 5) is 11.9. The quantitative estimate of drug-likeness (QED) is 0.700. The van der Waals surface area contributed by atoms with Crippen molar-refractivity contribution in [1.82, 2.24) is 5.06 Å². The molecule has 2 aliphatic rings. The molecule has 3 rings (SSSR count). The van der Waals surface area contributed by atoms with Gasteiger partial charge in [-0.2, -0.15) is 0 Å². The van der Waals surface area contributed by atoms with Crippen LogP contribution < -0.4 is 0 Å². The van der Waals surface area contributed by atoms with Crippen LogP contribution in [0.25, 0.3) is 5.70 Å². The monoisotopic (exact) mass is 234 g/mol. The lowest BCUT2D eigenvalue weighted by atomic mass is 9.88. The van der Waals surface area contributed by atoms with Crippen molar-refractivity contribution in [2.75, 3.05) is 0 Å². The molecule has 1 aliphatic carbocycles. The van der Waals surface area contributed by atoms with Gasteiger partial charge >= 0.3 is 0 Å². The minimum Gasteiger partial charge on any atom is -0.758 e. The van der Waals surface area contributed by atoms with E-state index in [1.807, 2.05) is 0 Å². The Morgan fingerprint density at radius 1 is 1.41 bits per heavy atom. The standard InChI is InChI=1S/C12H14N2O3/c15-13-8-11(12-6-3-7-17-12)14(16)10-5-2-1-4-9(10)13/h3,6-10H,1-2,4-5H2/t9-,10-/m0/s1. The number of hydroxylamine groups is 2. The first kappa shape index (κ1) is 10.5. The molecule has 1 fully saturated rings. The van der Waals surface area contributed by atoms with Crippen molar-refractivity contribution < 1.29 is 9.18 Å². The van der Waals surface area contributed by atoms with Gasteiger partial charge in [-0.3, -0.25) is 0 Å². The van der Waals surface area contributed by atoms with Crippen LogP contribution in [0.3, 0.4) is 0 Å². The van der Waals surface area contributed by atoms with Gasteiger partial charge in [-0.05, 0) is 25.0 Å². The fourth-order valence-corrected chi connectivity index (χ4v) is 2.71. The molecule has 1 aromatic rings. The summed E-state index contributed by atoms with van der Waals surface area (Å²) in [5.41, 5.74) is 0.341. The topological polar surface area (TPSA) is 59.5 Å². The van der Waals surface area contributed by atoms with E-state index < -0.39 is 0 Å². The Kier molecular flexibility index (Phi) is 2.48. The van der Waals surface area contributed by atoms with Crippen LogP contribution in [0.15, 0.2) is 29.0 Å². The van der Waals surface area contributed by atoms with Gasteiger partial charge in [-0.1, -0.05) is 6.42 Å². The van der Waals surface area contributed by atoms with Crippen molar-refractivity contribution in [3.63, 3.8) is 0 Å². The van der Waals surface area contributed by atoms with Crippen molar-refractivity contribution in [1.29, 1.82) is 0 Å². The van der Waals surface area contributed by atoms with Crippen molar-refractivity contribution in [2.24, 2.45) is 0 Å². The number of nitroso groups, excluding NO2 is 1. The Bertz CT molecular complexity index is 452. The molecule has 0 N–H and O–H groups in total. The summed E-state index contributed by atoms with van der Waals surface area (Å²) in [5.74, 6) is 0.463. The van der Waals surface area contributed by atoms with Crippen LogP contribution in [0.5, 0.6) is 0 Å². The molecule has 2 heterocycles. The van der Waals surface area contributed by atoms with Crippen LogP contribution >= 0.6 is 0 Å². The zero-order chi connectivity index (χ0) is 11.8. The van der Waals surface area contributed by atoms with E-state index in [4.69, 9.17) is 4.42 Å². The van der Waals surface area contributed by atoms with E-state index in [9.17, 15) is 10.1 Å². The fourth-order valence-electron chi connectivity index (χ4n) is 2.71. The molecule has 0 amide bonds. The third-order valence-corrected chi connectivity index (χ3v) is 3.58. The van der Waals surface area contributed by atoms with Crippen molar-refractivity contribution in [2.45, 2.75) is 37.8 Å². The summed E-state index contributed by atoms with van der Waals surface area (Å²) in [5, 5.41) is 13.2. The first-order valence-electron chi connectivity index (χ1n) is 5.95. The van der Waals surface area contributed by atoms with E-state index in [1.54, 1.807) is 12.1 Å². The molecule has 90 valence electrons. The van der Waals surface area contributed by atoms with Gasteiger partial charge in [-0.25, -0.2) is 0 Å². The molecule has 0 radical (unpaired) electrons. The van der Waals surface area contributed by atoms with Crippen LogP contribution in [0.1, 0.15) is 31.4 Å². The van der Waals surface area contributed by atoms with Crippen LogP contribution in [0.4, 0.5) is 0 Å². The van der Waals surface area contributed by atoms with Gasteiger partial charge in [0.2, 0.25) is 12.2 Å². The van der Waals surface area contributed by atoms with Crippen LogP contribution in [-0.2, 0) is 0 Å². The van der Waals surface area contributed by atoms with Crippen LogP contribution in [-0.4, -0.2) is 21.9 Å². The Hall–Kier alpha value is -1.62. The summed E-state index contributed by atoms with van der Waals surface area (Å²) in [6.07, 6.45) is 6.49. The second kappa shape index (κ2) is 4.00. The zero-order valence-corrected chi connectivity index (χ0v) is 9.41. The molecule has 17 heavy (non-hydrogen) atoms. The molecular formula is C12H14N2O3. The van der Waals surface area contributed by atoms with Gasteiger partial charge in [0.1, 0.15) is 5.70 Å². The summed E-state index contributed by atoms with van der Waals surface area (Å²) >= 11 is 0. The molecule has 0 spiro atoms. The smallest absolute Gasteiger partial charge is 0.247 e. The zero-order valence-electron chi connectivity index (χ0n) is 9.41. The van der Waals surface area contributed by atoms with E-state index in [0.29, 0.717) is 11.5 Å². The highest BCUT2D eigenvalue weighted by atomic mass is 16.5. The Morgan fingerprint density at radius 3 is 3.00 bits per heavy atom. The fraction of sp³-hybridized carbons (Fsp3) is 0.500. The predicted octanol–water partition coefficient (Wildman–Crippen LogP) is 2.48. The lowest BCUT2D eigenvalue weighted by molar-refractivity contribution is -0.536. The van der Waals surface area contributed by atoms with Crippen molar-refractivity contribution in [3.8, 4) is 0 Å². The summed E-state index contributed by atoms with van der Waals surface area (Å²) < 4.78 is 6.12. The molecule has 0 aromatic carbocycles. The SMILES string of the molecule is O=[N+]1C=C(c2ccco2)N([O-])[C@H]2CCCC[C@@H]21. The van der Waals surface area contributed by atoms with Gasteiger partial charge in [0.25, 0.3) is 0 Å².